The normalized spacial score (nSPS) is 28.1. The Labute approximate surface area is 110 Å². The minimum atomic E-state index is 0.0972. The van der Waals surface area contributed by atoms with E-state index in [2.05, 4.69) is 12.2 Å². The maximum Gasteiger partial charge on any atom is 0.223 e. The third-order valence-corrected chi connectivity index (χ3v) is 4.70. The largest absolute Gasteiger partial charge is 0.337 e. The van der Waals surface area contributed by atoms with Gasteiger partial charge in [0.05, 0.1) is 0 Å². The fraction of sp³-hybridized carbons (Fsp3) is 0.929. The maximum atomic E-state index is 12.5. The van der Waals surface area contributed by atoms with Crippen LogP contribution in [0.25, 0.3) is 0 Å². The molecule has 2 rings (SSSR count). The van der Waals surface area contributed by atoms with E-state index in [0.29, 0.717) is 24.9 Å². The first-order chi connectivity index (χ1) is 8.67. The molecule has 0 spiro atoms. The molecule has 1 atom stereocenters. The number of hydrogen-bond acceptors (Lipinski definition) is 3. The van der Waals surface area contributed by atoms with E-state index in [1.54, 1.807) is 0 Å². The topological polar surface area (TPSA) is 58.4 Å². The summed E-state index contributed by atoms with van der Waals surface area (Å²) in [6.45, 7) is 5.48. The van der Waals surface area contributed by atoms with E-state index in [9.17, 15) is 4.79 Å². The van der Waals surface area contributed by atoms with E-state index in [0.717, 1.165) is 32.5 Å². The molecule has 1 unspecified atom stereocenters. The average Bonchev–Trinajstić information content (AvgIpc) is 2.40. The van der Waals surface area contributed by atoms with Crippen LogP contribution in [0, 0.1) is 5.41 Å². The molecule has 0 radical (unpaired) electrons. The molecule has 4 nitrogen and oxygen atoms in total. The maximum absolute atomic E-state index is 12.5. The first kappa shape index (κ1) is 13.8. The summed E-state index contributed by atoms with van der Waals surface area (Å²) < 4.78 is 0. The van der Waals surface area contributed by atoms with E-state index in [4.69, 9.17) is 5.73 Å². The summed E-state index contributed by atoms with van der Waals surface area (Å²) in [5, 5.41) is 3.33. The van der Waals surface area contributed by atoms with Gasteiger partial charge in [0.1, 0.15) is 0 Å². The van der Waals surface area contributed by atoms with Crippen molar-refractivity contribution in [3.05, 3.63) is 0 Å². The van der Waals surface area contributed by atoms with Crippen LogP contribution in [0.1, 0.15) is 45.4 Å². The summed E-state index contributed by atoms with van der Waals surface area (Å²) in [4.78, 5) is 14.5. The second-order valence-electron chi connectivity index (χ2n) is 6.08. The van der Waals surface area contributed by atoms with Crippen LogP contribution < -0.4 is 11.1 Å². The third-order valence-electron chi connectivity index (χ3n) is 4.70. The highest BCUT2D eigenvalue weighted by atomic mass is 16.2. The Morgan fingerprint density at radius 2 is 2.11 bits per heavy atom. The van der Waals surface area contributed by atoms with Gasteiger partial charge in [0.25, 0.3) is 0 Å². The zero-order valence-electron chi connectivity index (χ0n) is 11.6. The molecule has 1 saturated carbocycles. The number of carbonyl (C=O) groups excluding carboxylic acids is 1. The van der Waals surface area contributed by atoms with Crippen molar-refractivity contribution in [2.75, 3.05) is 26.2 Å². The quantitative estimate of drug-likeness (QED) is 0.792. The minimum Gasteiger partial charge on any atom is -0.337 e. The standard InChI is InChI=1S/C14H27N3O/c1-12-10-16-7-8-17(12)13(18)9-14(11-15)5-3-2-4-6-14/h12,16H,2-11,15H2,1H3. The van der Waals surface area contributed by atoms with Gasteiger partial charge in [-0.05, 0) is 31.7 Å². The lowest BCUT2D eigenvalue weighted by Crippen LogP contribution is -2.53. The van der Waals surface area contributed by atoms with Gasteiger partial charge < -0.3 is 16.0 Å². The van der Waals surface area contributed by atoms with Gasteiger partial charge in [-0.15, -0.1) is 0 Å². The molecule has 1 aliphatic carbocycles. The summed E-state index contributed by atoms with van der Waals surface area (Å²) in [6.07, 6.45) is 6.71. The molecule has 0 aromatic heterocycles. The Bertz CT molecular complexity index is 287. The number of piperazine rings is 1. The van der Waals surface area contributed by atoms with E-state index >= 15 is 0 Å². The Balaban J connectivity index is 1.95. The number of nitrogens with two attached hydrogens (primary N) is 1. The molecule has 4 heteroatoms. The molecule has 104 valence electrons. The molecule has 1 heterocycles. The van der Waals surface area contributed by atoms with Gasteiger partial charge in [-0.25, -0.2) is 0 Å². The smallest absolute Gasteiger partial charge is 0.223 e. The van der Waals surface area contributed by atoms with Crippen molar-refractivity contribution < 1.29 is 4.79 Å². The zero-order chi connectivity index (χ0) is 13.0. The van der Waals surface area contributed by atoms with Crippen LogP contribution in [0.15, 0.2) is 0 Å². The van der Waals surface area contributed by atoms with Gasteiger partial charge >= 0.3 is 0 Å². The summed E-state index contributed by atoms with van der Waals surface area (Å²) in [7, 11) is 0. The van der Waals surface area contributed by atoms with Crippen molar-refractivity contribution in [3.63, 3.8) is 0 Å². The fourth-order valence-corrected chi connectivity index (χ4v) is 3.39. The van der Waals surface area contributed by atoms with Gasteiger partial charge in [0.2, 0.25) is 5.91 Å². The first-order valence-corrected chi connectivity index (χ1v) is 7.37. The minimum absolute atomic E-state index is 0.0972. The Hall–Kier alpha value is -0.610. The molecule has 1 saturated heterocycles. The van der Waals surface area contributed by atoms with Crippen LogP contribution in [0.5, 0.6) is 0 Å². The molecular weight excluding hydrogens is 226 g/mol. The molecule has 0 aromatic rings. The van der Waals surface area contributed by atoms with E-state index in [1.807, 2.05) is 4.90 Å². The number of nitrogens with one attached hydrogen (secondary N) is 1. The summed E-state index contributed by atoms with van der Waals surface area (Å²) in [5.74, 6) is 0.316. The lowest BCUT2D eigenvalue weighted by Gasteiger charge is -2.40. The molecule has 1 aliphatic heterocycles. The van der Waals surface area contributed by atoms with Gasteiger partial charge in [-0.2, -0.15) is 0 Å². The number of carbonyl (C=O) groups is 1. The van der Waals surface area contributed by atoms with Gasteiger partial charge in [-0.3, -0.25) is 4.79 Å². The third kappa shape index (κ3) is 3.04. The second-order valence-corrected chi connectivity index (χ2v) is 6.08. The van der Waals surface area contributed by atoms with Crippen molar-refractivity contribution in [3.8, 4) is 0 Å². The van der Waals surface area contributed by atoms with Crippen LogP contribution in [-0.2, 0) is 4.79 Å². The van der Waals surface area contributed by atoms with Gasteiger partial charge in [-0.1, -0.05) is 19.3 Å². The van der Waals surface area contributed by atoms with Crippen molar-refractivity contribution >= 4 is 5.91 Å². The fourth-order valence-electron chi connectivity index (χ4n) is 3.39. The van der Waals surface area contributed by atoms with E-state index in [-0.39, 0.29) is 5.41 Å². The highest BCUT2D eigenvalue weighted by Crippen LogP contribution is 2.38. The van der Waals surface area contributed by atoms with Crippen molar-refractivity contribution in [2.24, 2.45) is 11.1 Å². The first-order valence-electron chi connectivity index (χ1n) is 7.37. The lowest BCUT2D eigenvalue weighted by atomic mass is 9.71. The Morgan fingerprint density at radius 1 is 1.39 bits per heavy atom. The van der Waals surface area contributed by atoms with Gasteiger partial charge in [0, 0.05) is 32.1 Å². The summed E-state index contributed by atoms with van der Waals surface area (Å²) in [6, 6.07) is 0.324. The van der Waals surface area contributed by atoms with Crippen LogP contribution in [0.2, 0.25) is 0 Å². The summed E-state index contributed by atoms with van der Waals surface area (Å²) in [5.41, 5.74) is 6.06. The molecule has 0 bridgehead atoms. The van der Waals surface area contributed by atoms with Crippen LogP contribution in [0.3, 0.4) is 0 Å². The molecule has 1 amide bonds. The second kappa shape index (κ2) is 6.02. The van der Waals surface area contributed by atoms with Crippen molar-refractivity contribution in [1.29, 1.82) is 0 Å². The summed E-state index contributed by atoms with van der Waals surface area (Å²) >= 11 is 0. The SMILES string of the molecule is CC1CNCCN1C(=O)CC1(CN)CCCCC1. The van der Waals surface area contributed by atoms with Crippen molar-refractivity contribution in [2.45, 2.75) is 51.5 Å². The van der Waals surface area contributed by atoms with Crippen LogP contribution in [-0.4, -0.2) is 43.0 Å². The van der Waals surface area contributed by atoms with Gasteiger partial charge in [0.15, 0.2) is 0 Å². The predicted octanol–water partition coefficient (Wildman–Crippen LogP) is 1.11. The Kier molecular flexibility index (Phi) is 4.62. The zero-order valence-corrected chi connectivity index (χ0v) is 11.6. The monoisotopic (exact) mass is 253 g/mol. The molecule has 3 N–H and O–H groups in total. The van der Waals surface area contributed by atoms with E-state index in [1.165, 1.54) is 19.3 Å². The molecular formula is C14H27N3O. The highest BCUT2D eigenvalue weighted by molar-refractivity contribution is 5.77. The van der Waals surface area contributed by atoms with Crippen molar-refractivity contribution in [1.82, 2.24) is 10.2 Å². The Morgan fingerprint density at radius 3 is 2.72 bits per heavy atom. The molecule has 18 heavy (non-hydrogen) atoms. The number of nitrogens with zero attached hydrogens (tertiary/aromatic N) is 1. The molecule has 0 aromatic carbocycles. The number of amides is 1. The lowest BCUT2D eigenvalue weighted by molar-refractivity contribution is -0.137. The van der Waals surface area contributed by atoms with Crippen LogP contribution in [0.4, 0.5) is 0 Å². The average molecular weight is 253 g/mol. The van der Waals surface area contributed by atoms with E-state index < -0.39 is 0 Å². The number of rotatable bonds is 3. The highest BCUT2D eigenvalue weighted by Gasteiger charge is 2.35. The van der Waals surface area contributed by atoms with Crippen LogP contribution >= 0.6 is 0 Å². The predicted molar refractivity (Wildman–Crippen MR) is 73.2 cm³/mol. The molecule has 2 aliphatic rings. The number of hydrogen-bond donors (Lipinski definition) is 2. The molecule has 2 fully saturated rings.